The van der Waals surface area contributed by atoms with Crippen LogP contribution in [0.2, 0.25) is 0 Å². The number of rotatable bonds is 5. The Morgan fingerprint density at radius 1 is 1.06 bits per heavy atom. The van der Waals surface area contributed by atoms with Crippen molar-refractivity contribution in [3.63, 3.8) is 0 Å². The molecule has 1 N–H and O–H groups in total. The molecule has 1 aliphatic carbocycles. The van der Waals surface area contributed by atoms with E-state index in [4.69, 9.17) is 14.7 Å². The number of likely N-dealkylation sites (N-methyl/N-ethyl adjacent to an activating group) is 1. The summed E-state index contributed by atoms with van der Waals surface area (Å²) in [7, 11) is 2.20. The molecule has 0 amide bonds. The molecule has 6 rings (SSSR count). The lowest BCUT2D eigenvalue weighted by molar-refractivity contribution is 0.187. The van der Waals surface area contributed by atoms with Gasteiger partial charge in [0, 0.05) is 62.0 Å². The van der Waals surface area contributed by atoms with Gasteiger partial charge in [-0.1, -0.05) is 18.2 Å². The number of nitrogens with zero attached hydrogens (tertiary/aromatic N) is 5. The fourth-order valence-electron chi connectivity index (χ4n) is 6.58. The molecule has 1 aromatic carbocycles. The number of benzene rings is 1. The van der Waals surface area contributed by atoms with Gasteiger partial charge >= 0.3 is 6.01 Å². The zero-order valence-corrected chi connectivity index (χ0v) is 21.4. The van der Waals surface area contributed by atoms with Gasteiger partial charge in [0.05, 0.1) is 5.69 Å². The van der Waals surface area contributed by atoms with Crippen LogP contribution >= 0.6 is 0 Å². The molecule has 3 unspecified atom stereocenters. The molecular weight excluding hydrogens is 436 g/mol. The summed E-state index contributed by atoms with van der Waals surface area (Å²) >= 11 is 0. The first-order chi connectivity index (χ1) is 17.2. The highest BCUT2D eigenvalue weighted by Gasteiger charge is 2.32. The largest absolute Gasteiger partial charge is 0.462 e. The molecule has 7 heteroatoms. The van der Waals surface area contributed by atoms with E-state index in [1.165, 1.54) is 48.2 Å². The average molecular weight is 477 g/mol. The van der Waals surface area contributed by atoms with Crippen molar-refractivity contribution >= 4 is 11.5 Å². The molecule has 1 aromatic heterocycles. The minimum atomic E-state index is 0.465. The molecule has 7 nitrogen and oxygen atoms in total. The lowest BCUT2D eigenvalue weighted by Gasteiger charge is -2.41. The first-order valence-electron chi connectivity index (χ1n) is 13.7. The van der Waals surface area contributed by atoms with Gasteiger partial charge in [-0.15, -0.1) is 0 Å². The van der Waals surface area contributed by atoms with E-state index in [-0.39, 0.29) is 0 Å². The monoisotopic (exact) mass is 476 g/mol. The summed E-state index contributed by atoms with van der Waals surface area (Å²) < 4.78 is 6.30. The average Bonchev–Trinajstić information content (AvgIpc) is 3.30. The van der Waals surface area contributed by atoms with Crippen molar-refractivity contribution < 1.29 is 4.74 Å². The predicted octanol–water partition coefficient (Wildman–Crippen LogP) is 3.06. The number of aryl methyl sites for hydroxylation is 1. The Kier molecular flexibility index (Phi) is 6.54. The van der Waals surface area contributed by atoms with E-state index in [9.17, 15) is 0 Å². The van der Waals surface area contributed by atoms with Gasteiger partial charge in [-0.3, -0.25) is 0 Å². The van der Waals surface area contributed by atoms with Gasteiger partial charge in [-0.2, -0.15) is 9.97 Å². The number of fused-ring (bicyclic) bond motifs is 2. The van der Waals surface area contributed by atoms with Gasteiger partial charge in [0.2, 0.25) is 0 Å². The highest BCUT2D eigenvalue weighted by Crippen LogP contribution is 2.36. The van der Waals surface area contributed by atoms with Crippen LogP contribution < -0.4 is 19.9 Å². The smallest absolute Gasteiger partial charge is 0.318 e. The zero-order valence-electron chi connectivity index (χ0n) is 21.4. The van der Waals surface area contributed by atoms with Crippen LogP contribution in [0.4, 0.5) is 11.5 Å². The molecule has 0 radical (unpaired) electrons. The van der Waals surface area contributed by atoms with Gasteiger partial charge in [0.15, 0.2) is 0 Å². The lowest BCUT2D eigenvalue weighted by Crippen LogP contribution is -2.50. The number of hydrogen-bond donors (Lipinski definition) is 1. The van der Waals surface area contributed by atoms with Crippen LogP contribution in [0, 0.1) is 0 Å². The molecule has 4 heterocycles. The summed E-state index contributed by atoms with van der Waals surface area (Å²) in [6, 6.07) is 11.0. The molecule has 2 saturated heterocycles. The Balaban J connectivity index is 1.28. The van der Waals surface area contributed by atoms with Crippen molar-refractivity contribution in [1.82, 2.24) is 20.2 Å². The summed E-state index contributed by atoms with van der Waals surface area (Å²) in [4.78, 5) is 17.6. The van der Waals surface area contributed by atoms with Gasteiger partial charge in [0.1, 0.15) is 12.4 Å². The molecule has 4 aliphatic rings. The molecule has 35 heavy (non-hydrogen) atoms. The Hall–Kier alpha value is -2.38. The summed E-state index contributed by atoms with van der Waals surface area (Å²) in [6.45, 7) is 8.20. The number of nitrogens with one attached hydrogen (secondary N) is 1. The van der Waals surface area contributed by atoms with E-state index in [2.05, 4.69) is 58.3 Å². The van der Waals surface area contributed by atoms with Gasteiger partial charge in [-0.05, 0) is 70.7 Å². The number of piperazine rings is 1. The molecule has 2 fully saturated rings. The van der Waals surface area contributed by atoms with Gasteiger partial charge in [0.25, 0.3) is 0 Å². The minimum absolute atomic E-state index is 0.465. The fraction of sp³-hybridized carbons (Fsp3) is 0.643. The van der Waals surface area contributed by atoms with Gasteiger partial charge in [-0.25, -0.2) is 0 Å². The van der Waals surface area contributed by atoms with Crippen LogP contribution in [0.15, 0.2) is 24.3 Å². The topological polar surface area (TPSA) is 56.8 Å². The standard InChI is InChI=1S/C28H40N6O/c1-20-18-33(16-13-29-20)27-24-12-11-22(34-15-5-8-21-7-3-4-10-26(21)34)17-25(24)30-28(31-27)35-19-23-9-6-14-32(23)2/h3-4,7,10,20,22-23,29H,5-6,8-9,11-19H2,1-2H3. The number of likely N-dealkylation sites (tertiary alicyclic amines) is 1. The third kappa shape index (κ3) is 4.73. The summed E-state index contributed by atoms with van der Waals surface area (Å²) in [6.07, 6.45) is 8.04. The third-order valence-corrected chi connectivity index (χ3v) is 8.54. The Bertz CT molecular complexity index is 1040. The Labute approximate surface area is 209 Å². The second-order valence-corrected chi connectivity index (χ2v) is 11.0. The molecule has 3 atom stereocenters. The molecular formula is C28H40N6O. The summed E-state index contributed by atoms with van der Waals surface area (Å²) in [5, 5.41) is 3.57. The minimum Gasteiger partial charge on any atom is -0.462 e. The molecule has 0 bridgehead atoms. The van der Waals surface area contributed by atoms with Crippen LogP contribution in [0.3, 0.4) is 0 Å². The van der Waals surface area contributed by atoms with Crippen molar-refractivity contribution in [3.05, 3.63) is 41.1 Å². The van der Waals surface area contributed by atoms with Crippen LogP contribution in [0.5, 0.6) is 6.01 Å². The second-order valence-electron chi connectivity index (χ2n) is 11.0. The van der Waals surface area contributed by atoms with Crippen molar-refractivity contribution in [2.75, 3.05) is 56.2 Å². The maximum atomic E-state index is 6.30. The van der Waals surface area contributed by atoms with E-state index < -0.39 is 0 Å². The number of ether oxygens (including phenoxy) is 1. The molecule has 188 valence electrons. The Morgan fingerprint density at radius 3 is 2.83 bits per heavy atom. The van der Waals surface area contributed by atoms with Crippen LogP contribution in [0.1, 0.15) is 49.4 Å². The van der Waals surface area contributed by atoms with E-state index in [0.29, 0.717) is 30.7 Å². The highest BCUT2D eigenvalue weighted by atomic mass is 16.5. The summed E-state index contributed by atoms with van der Waals surface area (Å²) in [5.41, 5.74) is 5.48. The quantitative estimate of drug-likeness (QED) is 0.712. The Morgan fingerprint density at radius 2 is 1.97 bits per heavy atom. The maximum Gasteiger partial charge on any atom is 0.318 e. The number of anilines is 2. The highest BCUT2D eigenvalue weighted by molar-refractivity contribution is 5.58. The number of hydrogen-bond acceptors (Lipinski definition) is 7. The molecule has 0 spiro atoms. The number of aromatic nitrogens is 2. The normalized spacial score (nSPS) is 27.0. The van der Waals surface area contributed by atoms with Crippen molar-refractivity contribution in [2.45, 2.75) is 70.0 Å². The van der Waals surface area contributed by atoms with Crippen molar-refractivity contribution in [2.24, 2.45) is 0 Å². The molecule has 2 aromatic rings. The SMILES string of the molecule is CC1CN(c2nc(OCC3CCCN3C)nc3c2CCC(N2CCCc4ccccc42)C3)CCN1. The van der Waals surface area contributed by atoms with Crippen LogP contribution in [-0.2, 0) is 19.3 Å². The lowest BCUT2D eigenvalue weighted by atomic mass is 9.88. The van der Waals surface area contributed by atoms with E-state index in [1.54, 1.807) is 0 Å². The predicted molar refractivity (Wildman–Crippen MR) is 141 cm³/mol. The van der Waals surface area contributed by atoms with E-state index in [0.717, 1.165) is 57.8 Å². The van der Waals surface area contributed by atoms with Crippen molar-refractivity contribution in [3.8, 4) is 6.01 Å². The van der Waals surface area contributed by atoms with Gasteiger partial charge < -0.3 is 24.8 Å². The van der Waals surface area contributed by atoms with Crippen molar-refractivity contribution in [1.29, 1.82) is 0 Å². The zero-order chi connectivity index (χ0) is 23.8. The third-order valence-electron chi connectivity index (χ3n) is 8.54. The van der Waals surface area contributed by atoms with E-state index in [1.807, 2.05) is 0 Å². The second kappa shape index (κ2) is 9.94. The first kappa shape index (κ1) is 23.0. The fourth-order valence-corrected chi connectivity index (χ4v) is 6.58. The number of para-hydroxylation sites is 1. The maximum absolute atomic E-state index is 6.30. The van der Waals surface area contributed by atoms with Crippen LogP contribution in [-0.4, -0.2) is 79.4 Å². The summed E-state index contributed by atoms with van der Waals surface area (Å²) in [5.74, 6) is 1.12. The molecule has 3 aliphatic heterocycles. The van der Waals surface area contributed by atoms with Crippen LogP contribution in [0.25, 0.3) is 0 Å². The van der Waals surface area contributed by atoms with E-state index >= 15 is 0 Å². The first-order valence-corrected chi connectivity index (χ1v) is 13.7. The molecule has 0 saturated carbocycles.